The molecule has 24 heavy (non-hydrogen) atoms. The van der Waals surface area contributed by atoms with E-state index in [9.17, 15) is 9.59 Å². The third-order valence-corrected chi connectivity index (χ3v) is 4.75. The number of hydrogen-bond donors (Lipinski definition) is 3. The van der Waals surface area contributed by atoms with Crippen LogP contribution in [0.25, 0.3) is 0 Å². The second-order valence-corrected chi connectivity index (χ2v) is 7.11. The van der Waals surface area contributed by atoms with Crippen molar-refractivity contribution in [2.45, 2.75) is 23.4 Å². The van der Waals surface area contributed by atoms with Gasteiger partial charge in [-0.2, -0.15) is 0 Å². The van der Waals surface area contributed by atoms with Crippen LogP contribution in [0, 0.1) is 0 Å². The van der Waals surface area contributed by atoms with Crippen LogP contribution in [0.5, 0.6) is 5.75 Å². The van der Waals surface area contributed by atoms with Crippen LogP contribution in [0.3, 0.4) is 0 Å². The maximum Gasteiger partial charge on any atom is 0.318 e. The summed E-state index contributed by atoms with van der Waals surface area (Å²) in [6, 6.07) is 6.63. The monoisotopic (exact) mass is 367 g/mol. The van der Waals surface area contributed by atoms with E-state index >= 15 is 0 Å². The Morgan fingerprint density at radius 3 is 2.83 bits per heavy atom. The Morgan fingerprint density at radius 1 is 1.38 bits per heavy atom. The van der Waals surface area contributed by atoms with E-state index in [1.807, 2.05) is 36.5 Å². The van der Waals surface area contributed by atoms with Gasteiger partial charge in [0, 0.05) is 0 Å². The number of benzene rings is 1. The zero-order valence-electron chi connectivity index (χ0n) is 13.1. The Labute approximate surface area is 147 Å². The lowest BCUT2D eigenvalue weighted by Crippen LogP contribution is -2.39. The number of imide groups is 1. The summed E-state index contributed by atoms with van der Waals surface area (Å²) in [5.74, 6) is 0.248. The molecule has 0 fully saturated rings. The molecule has 0 aliphatic rings. The average Bonchev–Trinajstić information content (AvgIpc) is 2.96. The van der Waals surface area contributed by atoms with Crippen molar-refractivity contribution in [1.82, 2.24) is 15.5 Å². The molecule has 1 heterocycles. The highest BCUT2D eigenvalue weighted by Crippen LogP contribution is 2.33. The number of urea groups is 1. The third kappa shape index (κ3) is 5.10. The SMILES string of the molecule is CCOc1ccccc1Nc1nnc(S[C@H](C)C(=O)NC(N)=O)s1. The summed E-state index contributed by atoms with van der Waals surface area (Å²) in [6.07, 6.45) is 0. The van der Waals surface area contributed by atoms with Crippen LogP contribution < -0.4 is 21.1 Å². The van der Waals surface area contributed by atoms with E-state index in [1.54, 1.807) is 6.92 Å². The van der Waals surface area contributed by atoms with E-state index in [0.29, 0.717) is 16.1 Å². The smallest absolute Gasteiger partial charge is 0.318 e. The quantitative estimate of drug-likeness (QED) is 0.643. The van der Waals surface area contributed by atoms with Gasteiger partial charge in [0.2, 0.25) is 11.0 Å². The second-order valence-electron chi connectivity index (χ2n) is 4.54. The van der Waals surface area contributed by atoms with Gasteiger partial charge in [0.15, 0.2) is 4.34 Å². The molecule has 1 aromatic heterocycles. The van der Waals surface area contributed by atoms with Crippen molar-refractivity contribution in [2.75, 3.05) is 11.9 Å². The molecular weight excluding hydrogens is 350 g/mol. The van der Waals surface area contributed by atoms with E-state index in [4.69, 9.17) is 10.5 Å². The van der Waals surface area contributed by atoms with E-state index in [0.717, 1.165) is 11.4 Å². The molecule has 4 N–H and O–H groups in total. The summed E-state index contributed by atoms with van der Waals surface area (Å²) in [5.41, 5.74) is 5.71. The van der Waals surface area contributed by atoms with Gasteiger partial charge in [0.25, 0.3) is 0 Å². The Bertz CT molecular complexity index is 722. The molecule has 1 atom stereocenters. The number of aromatic nitrogens is 2. The van der Waals surface area contributed by atoms with Gasteiger partial charge in [0.1, 0.15) is 5.75 Å². The summed E-state index contributed by atoms with van der Waals surface area (Å²) < 4.78 is 6.14. The van der Waals surface area contributed by atoms with Gasteiger partial charge in [0.05, 0.1) is 17.5 Å². The van der Waals surface area contributed by atoms with Crippen molar-refractivity contribution in [3.8, 4) is 5.75 Å². The number of carbonyl (C=O) groups is 2. The fourth-order valence-electron chi connectivity index (χ4n) is 1.70. The van der Waals surface area contributed by atoms with Gasteiger partial charge >= 0.3 is 6.03 Å². The topological polar surface area (TPSA) is 119 Å². The number of para-hydroxylation sites is 2. The minimum Gasteiger partial charge on any atom is -0.492 e. The summed E-state index contributed by atoms with van der Waals surface area (Å²) >= 11 is 2.49. The zero-order chi connectivity index (χ0) is 17.5. The largest absolute Gasteiger partial charge is 0.492 e. The molecule has 2 rings (SSSR count). The summed E-state index contributed by atoms with van der Waals surface area (Å²) in [4.78, 5) is 22.4. The number of ether oxygens (including phenoxy) is 1. The van der Waals surface area contributed by atoms with Crippen molar-refractivity contribution in [3.63, 3.8) is 0 Å². The lowest BCUT2D eigenvalue weighted by atomic mass is 10.3. The standard InChI is InChI=1S/C14H17N5O3S2/c1-3-22-10-7-5-4-6-9(10)16-13-18-19-14(24-13)23-8(2)11(20)17-12(15)21/h4-8H,3H2,1-2H3,(H,16,18)(H3,15,17,20,21)/t8-/m1/s1. The number of rotatable bonds is 7. The van der Waals surface area contributed by atoms with Gasteiger partial charge in [-0.05, 0) is 26.0 Å². The normalized spacial score (nSPS) is 11.6. The first-order chi connectivity index (χ1) is 11.5. The van der Waals surface area contributed by atoms with Gasteiger partial charge in [-0.1, -0.05) is 35.2 Å². The number of nitrogens with zero attached hydrogens (tertiary/aromatic N) is 2. The molecule has 0 bridgehead atoms. The summed E-state index contributed by atoms with van der Waals surface area (Å²) in [5, 5.41) is 13.3. The fraction of sp³-hybridized carbons (Fsp3) is 0.286. The molecule has 0 spiro atoms. The predicted molar refractivity (Wildman–Crippen MR) is 93.8 cm³/mol. The first-order valence-electron chi connectivity index (χ1n) is 7.09. The molecule has 3 amide bonds. The van der Waals surface area contributed by atoms with Crippen molar-refractivity contribution >= 4 is 45.9 Å². The van der Waals surface area contributed by atoms with Crippen molar-refractivity contribution in [2.24, 2.45) is 5.73 Å². The van der Waals surface area contributed by atoms with Crippen LogP contribution in [0.4, 0.5) is 15.6 Å². The molecule has 0 unspecified atom stereocenters. The Balaban J connectivity index is 2.01. The summed E-state index contributed by atoms with van der Waals surface area (Å²) in [6.45, 7) is 4.12. The van der Waals surface area contributed by atoms with Crippen LogP contribution in [-0.2, 0) is 4.79 Å². The number of primary amides is 1. The molecule has 0 aliphatic heterocycles. The van der Waals surface area contributed by atoms with E-state index in [1.165, 1.54) is 23.1 Å². The molecule has 0 radical (unpaired) electrons. The molecule has 0 aliphatic carbocycles. The third-order valence-electron chi connectivity index (χ3n) is 2.73. The van der Waals surface area contributed by atoms with Crippen LogP contribution in [0.2, 0.25) is 0 Å². The number of carbonyl (C=O) groups excluding carboxylic acids is 2. The van der Waals surface area contributed by atoms with Gasteiger partial charge in [-0.25, -0.2) is 4.79 Å². The van der Waals surface area contributed by atoms with Crippen molar-refractivity contribution in [3.05, 3.63) is 24.3 Å². The van der Waals surface area contributed by atoms with E-state index in [-0.39, 0.29) is 0 Å². The highest BCUT2D eigenvalue weighted by Gasteiger charge is 2.18. The van der Waals surface area contributed by atoms with Crippen LogP contribution in [0.15, 0.2) is 28.6 Å². The number of hydrogen-bond acceptors (Lipinski definition) is 8. The fourth-order valence-corrected chi connectivity index (χ4v) is 3.61. The van der Waals surface area contributed by atoms with Crippen LogP contribution >= 0.6 is 23.1 Å². The number of nitrogens with one attached hydrogen (secondary N) is 2. The second kappa shape index (κ2) is 8.50. The predicted octanol–water partition coefficient (Wildman–Crippen LogP) is 2.36. The Morgan fingerprint density at radius 2 is 2.12 bits per heavy atom. The van der Waals surface area contributed by atoms with Crippen LogP contribution in [0.1, 0.15) is 13.8 Å². The summed E-state index contributed by atoms with van der Waals surface area (Å²) in [7, 11) is 0. The molecular formula is C14H17N5O3S2. The number of amides is 3. The molecule has 1 aromatic carbocycles. The van der Waals surface area contributed by atoms with Crippen molar-refractivity contribution < 1.29 is 14.3 Å². The van der Waals surface area contributed by atoms with Crippen LogP contribution in [-0.4, -0.2) is 34.0 Å². The first-order valence-corrected chi connectivity index (χ1v) is 8.78. The molecule has 8 nitrogen and oxygen atoms in total. The Kier molecular flexibility index (Phi) is 6.38. The average molecular weight is 367 g/mol. The number of anilines is 2. The molecule has 10 heteroatoms. The Hall–Kier alpha value is -2.33. The van der Waals surface area contributed by atoms with E-state index in [2.05, 4.69) is 15.5 Å². The first kappa shape index (κ1) is 18.0. The zero-order valence-corrected chi connectivity index (χ0v) is 14.7. The van der Waals surface area contributed by atoms with Gasteiger partial charge in [-0.15, -0.1) is 10.2 Å². The molecule has 128 valence electrons. The van der Waals surface area contributed by atoms with E-state index < -0.39 is 17.2 Å². The highest BCUT2D eigenvalue weighted by atomic mass is 32.2. The molecule has 0 saturated carbocycles. The van der Waals surface area contributed by atoms with Gasteiger partial charge in [-0.3, -0.25) is 10.1 Å². The number of nitrogens with two attached hydrogens (primary N) is 1. The lowest BCUT2D eigenvalue weighted by molar-refractivity contribution is -0.119. The maximum absolute atomic E-state index is 11.7. The highest BCUT2D eigenvalue weighted by molar-refractivity contribution is 8.02. The van der Waals surface area contributed by atoms with Crippen molar-refractivity contribution in [1.29, 1.82) is 0 Å². The van der Waals surface area contributed by atoms with Gasteiger partial charge < -0.3 is 15.8 Å². The lowest BCUT2D eigenvalue weighted by Gasteiger charge is -2.09. The molecule has 0 saturated heterocycles. The maximum atomic E-state index is 11.7. The minimum absolute atomic E-state index is 0.473. The molecule has 2 aromatic rings. The minimum atomic E-state index is -0.875. The number of thioether (sulfide) groups is 1.